The summed E-state index contributed by atoms with van der Waals surface area (Å²) in [6, 6.07) is 5.42. The highest BCUT2D eigenvalue weighted by Crippen LogP contribution is 2.26. The van der Waals surface area contributed by atoms with E-state index in [0.29, 0.717) is 11.7 Å². The first-order valence-electron chi connectivity index (χ1n) is 9.51. The van der Waals surface area contributed by atoms with Gasteiger partial charge >= 0.3 is 0 Å². The minimum absolute atomic E-state index is 0. The fraction of sp³-hybridized carbons (Fsp3) is 0.650. The van der Waals surface area contributed by atoms with Crippen LogP contribution in [0.3, 0.4) is 0 Å². The number of phenols is 1. The van der Waals surface area contributed by atoms with Crippen molar-refractivity contribution in [2.75, 3.05) is 33.4 Å². The van der Waals surface area contributed by atoms with Crippen LogP contribution in [0.1, 0.15) is 39.7 Å². The lowest BCUT2D eigenvalue weighted by molar-refractivity contribution is 0.0266. The minimum atomic E-state index is 0. The molecule has 0 fully saturated rings. The number of nitrogens with one attached hydrogen (secondary N) is 2. The monoisotopic (exact) mass is 493 g/mol. The number of ether oxygens (including phenoxy) is 2. The van der Waals surface area contributed by atoms with E-state index in [1.54, 1.807) is 13.2 Å². The van der Waals surface area contributed by atoms with Crippen LogP contribution in [0.5, 0.6) is 11.5 Å². The van der Waals surface area contributed by atoms with Gasteiger partial charge in [-0.15, -0.1) is 24.0 Å². The number of aliphatic imine (C=N–C) groups is 1. The van der Waals surface area contributed by atoms with Gasteiger partial charge in [0.15, 0.2) is 17.5 Å². The standard InChI is InChI=1S/C20H35N3O3.HI/c1-6-21-20(23-13-11-18(15(3)4)26-7-2)22-12-10-16-8-9-17(24)19(14-16)25-5;/h8-9,14-15,18,24H,6-7,10-13H2,1-5H3,(H2,21,22,23);1H. The minimum Gasteiger partial charge on any atom is -0.504 e. The van der Waals surface area contributed by atoms with Crippen LogP contribution < -0.4 is 15.4 Å². The van der Waals surface area contributed by atoms with Crippen molar-refractivity contribution in [2.24, 2.45) is 10.9 Å². The first-order chi connectivity index (χ1) is 12.5. The van der Waals surface area contributed by atoms with Crippen molar-refractivity contribution >= 4 is 29.9 Å². The molecule has 0 aromatic heterocycles. The van der Waals surface area contributed by atoms with Crippen molar-refractivity contribution in [1.82, 2.24) is 10.6 Å². The van der Waals surface area contributed by atoms with Gasteiger partial charge in [0.25, 0.3) is 0 Å². The molecule has 7 heteroatoms. The summed E-state index contributed by atoms with van der Waals surface area (Å²) in [5, 5.41) is 16.3. The summed E-state index contributed by atoms with van der Waals surface area (Å²) in [5.41, 5.74) is 1.10. The average Bonchev–Trinajstić information content (AvgIpc) is 2.62. The summed E-state index contributed by atoms with van der Waals surface area (Å²) in [6.45, 7) is 11.5. The number of phenolic OH excluding ortho intramolecular Hbond substituents is 1. The van der Waals surface area contributed by atoms with Crippen LogP contribution in [-0.2, 0) is 11.2 Å². The molecule has 1 rings (SSSR count). The predicted octanol–water partition coefficient (Wildman–Crippen LogP) is 3.57. The Labute approximate surface area is 181 Å². The Bertz CT molecular complexity index is 553. The molecule has 27 heavy (non-hydrogen) atoms. The summed E-state index contributed by atoms with van der Waals surface area (Å²) in [7, 11) is 1.56. The lowest BCUT2D eigenvalue weighted by atomic mass is 10.0. The van der Waals surface area contributed by atoms with Crippen molar-refractivity contribution in [3.05, 3.63) is 23.8 Å². The van der Waals surface area contributed by atoms with Gasteiger partial charge in [-0.05, 0) is 50.3 Å². The number of rotatable bonds is 11. The molecule has 0 heterocycles. The van der Waals surface area contributed by atoms with E-state index in [-0.39, 0.29) is 35.8 Å². The number of benzene rings is 1. The maximum Gasteiger partial charge on any atom is 0.191 e. The fourth-order valence-corrected chi connectivity index (χ4v) is 2.67. The third kappa shape index (κ3) is 10.0. The van der Waals surface area contributed by atoms with Gasteiger partial charge < -0.3 is 25.2 Å². The maximum absolute atomic E-state index is 9.66. The first kappa shape index (κ1) is 25.8. The Morgan fingerprint density at radius 1 is 1.22 bits per heavy atom. The maximum atomic E-state index is 9.66. The van der Waals surface area contributed by atoms with E-state index in [1.807, 2.05) is 19.1 Å². The molecule has 1 unspecified atom stereocenters. The van der Waals surface area contributed by atoms with Gasteiger partial charge in [0.1, 0.15) is 0 Å². The molecular formula is C20H36IN3O3. The summed E-state index contributed by atoms with van der Waals surface area (Å²) in [6.07, 6.45) is 1.97. The zero-order valence-electron chi connectivity index (χ0n) is 17.2. The molecule has 0 saturated carbocycles. The lowest BCUT2D eigenvalue weighted by Gasteiger charge is -2.20. The number of aromatic hydroxyl groups is 1. The van der Waals surface area contributed by atoms with Gasteiger partial charge in [0.2, 0.25) is 0 Å². The number of hydrogen-bond acceptors (Lipinski definition) is 4. The number of guanidine groups is 1. The highest BCUT2D eigenvalue weighted by Gasteiger charge is 2.12. The molecular weight excluding hydrogens is 457 g/mol. The van der Waals surface area contributed by atoms with Gasteiger partial charge in [-0.2, -0.15) is 0 Å². The summed E-state index contributed by atoms with van der Waals surface area (Å²) in [5.74, 6) is 1.97. The molecule has 0 saturated heterocycles. The van der Waals surface area contributed by atoms with Crippen LogP contribution >= 0.6 is 24.0 Å². The topological polar surface area (TPSA) is 75.1 Å². The fourth-order valence-electron chi connectivity index (χ4n) is 2.67. The van der Waals surface area contributed by atoms with Crippen LogP contribution in [0, 0.1) is 5.92 Å². The molecule has 1 atom stereocenters. The normalized spacial score (nSPS) is 12.4. The molecule has 0 bridgehead atoms. The molecule has 1 aromatic carbocycles. The van der Waals surface area contributed by atoms with E-state index in [2.05, 4.69) is 36.4 Å². The zero-order valence-corrected chi connectivity index (χ0v) is 19.6. The second-order valence-electron chi connectivity index (χ2n) is 6.47. The van der Waals surface area contributed by atoms with Gasteiger partial charge in [-0.25, -0.2) is 0 Å². The summed E-state index contributed by atoms with van der Waals surface area (Å²) < 4.78 is 10.9. The van der Waals surface area contributed by atoms with Crippen LogP contribution in [0.2, 0.25) is 0 Å². The van der Waals surface area contributed by atoms with E-state index in [1.165, 1.54) is 0 Å². The summed E-state index contributed by atoms with van der Waals surface area (Å²) >= 11 is 0. The Hall–Kier alpha value is -1.22. The van der Waals surface area contributed by atoms with Crippen LogP contribution in [0.4, 0.5) is 0 Å². The third-order valence-corrected chi connectivity index (χ3v) is 4.10. The number of nitrogens with zero attached hydrogens (tertiary/aromatic N) is 1. The van der Waals surface area contributed by atoms with Gasteiger partial charge in [0.05, 0.1) is 13.2 Å². The Kier molecular flexibility index (Phi) is 14.1. The Balaban J connectivity index is 0.00000676. The van der Waals surface area contributed by atoms with Gasteiger partial charge in [0, 0.05) is 26.2 Å². The van der Waals surface area contributed by atoms with Crippen LogP contribution in [0.15, 0.2) is 23.2 Å². The van der Waals surface area contributed by atoms with Crippen LogP contribution in [-0.4, -0.2) is 50.5 Å². The largest absolute Gasteiger partial charge is 0.504 e. The van der Waals surface area contributed by atoms with E-state index < -0.39 is 0 Å². The Morgan fingerprint density at radius 3 is 2.56 bits per heavy atom. The van der Waals surface area contributed by atoms with E-state index >= 15 is 0 Å². The van der Waals surface area contributed by atoms with Crippen molar-refractivity contribution in [3.63, 3.8) is 0 Å². The van der Waals surface area contributed by atoms with Gasteiger partial charge in [-0.3, -0.25) is 4.99 Å². The van der Waals surface area contributed by atoms with E-state index in [0.717, 1.165) is 50.6 Å². The molecule has 1 aromatic rings. The molecule has 0 radical (unpaired) electrons. The number of halogens is 1. The predicted molar refractivity (Wildman–Crippen MR) is 123 cm³/mol. The average molecular weight is 493 g/mol. The number of hydrogen-bond donors (Lipinski definition) is 3. The van der Waals surface area contributed by atoms with E-state index in [9.17, 15) is 5.11 Å². The SMILES string of the molecule is CCNC(=NCCC(OCC)C(C)C)NCCc1ccc(O)c(OC)c1.I. The lowest BCUT2D eigenvalue weighted by Crippen LogP contribution is -2.38. The molecule has 0 aliphatic carbocycles. The molecule has 0 spiro atoms. The highest BCUT2D eigenvalue weighted by molar-refractivity contribution is 14.0. The highest BCUT2D eigenvalue weighted by atomic mass is 127. The molecule has 156 valence electrons. The smallest absolute Gasteiger partial charge is 0.191 e. The molecule has 0 aliphatic rings. The quantitative estimate of drug-likeness (QED) is 0.250. The second-order valence-corrected chi connectivity index (χ2v) is 6.47. The third-order valence-electron chi connectivity index (χ3n) is 4.10. The molecule has 6 nitrogen and oxygen atoms in total. The zero-order chi connectivity index (χ0) is 19.4. The van der Waals surface area contributed by atoms with Crippen molar-refractivity contribution in [1.29, 1.82) is 0 Å². The molecule has 0 amide bonds. The van der Waals surface area contributed by atoms with Crippen molar-refractivity contribution < 1.29 is 14.6 Å². The first-order valence-corrected chi connectivity index (χ1v) is 9.51. The number of methoxy groups -OCH3 is 1. The Morgan fingerprint density at radius 2 is 1.96 bits per heavy atom. The second kappa shape index (κ2) is 14.8. The van der Waals surface area contributed by atoms with Gasteiger partial charge in [-0.1, -0.05) is 19.9 Å². The van der Waals surface area contributed by atoms with E-state index in [4.69, 9.17) is 9.47 Å². The summed E-state index contributed by atoms with van der Waals surface area (Å²) in [4.78, 5) is 4.65. The van der Waals surface area contributed by atoms with Crippen molar-refractivity contribution in [3.8, 4) is 11.5 Å². The van der Waals surface area contributed by atoms with Crippen LogP contribution in [0.25, 0.3) is 0 Å². The van der Waals surface area contributed by atoms with Crippen molar-refractivity contribution in [2.45, 2.75) is 46.6 Å². The molecule has 0 aliphatic heterocycles. The molecule has 3 N–H and O–H groups in total.